The average Bonchev–Trinajstić information content (AvgIpc) is 2.67. The van der Waals surface area contributed by atoms with Crippen LogP contribution in [0.4, 0.5) is 0 Å². The van der Waals surface area contributed by atoms with Crippen LogP contribution >= 0.6 is 11.6 Å². The third kappa shape index (κ3) is 5.15. The highest BCUT2D eigenvalue weighted by Gasteiger charge is 2.15. The lowest BCUT2D eigenvalue weighted by molar-refractivity contribution is 0.284. The normalized spacial score (nSPS) is 15.0. The summed E-state index contributed by atoms with van der Waals surface area (Å²) in [6.07, 6.45) is 6.51. The van der Waals surface area contributed by atoms with E-state index >= 15 is 0 Å². The molecule has 1 aliphatic rings. The van der Waals surface area contributed by atoms with Crippen molar-refractivity contribution < 1.29 is 9.47 Å². The quantitative estimate of drug-likeness (QED) is 0.679. The number of hydrogen-bond donors (Lipinski definition) is 1. The number of nitrogens with one attached hydrogen (secondary N) is 1. The molecule has 0 atom stereocenters. The van der Waals surface area contributed by atoms with Gasteiger partial charge in [0, 0.05) is 23.7 Å². The lowest BCUT2D eigenvalue weighted by Gasteiger charge is -2.23. The molecule has 2 aromatic carbocycles. The maximum Gasteiger partial charge on any atom is 0.163 e. The molecule has 3 rings (SSSR count). The van der Waals surface area contributed by atoms with Gasteiger partial charge in [0.1, 0.15) is 6.61 Å². The Balaban J connectivity index is 1.64. The molecule has 1 saturated carbocycles. The summed E-state index contributed by atoms with van der Waals surface area (Å²) in [6.45, 7) is 3.33. The van der Waals surface area contributed by atoms with Crippen molar-refractivity contribution in [3.05, 3.63) is 58.1 Å². The van der Waals surface area contributed by atoms with Gasteiger partial charge in [0.05, 0.1) is 7.11 Å². The average molecular weight is 374 g/mol. The van der Waals surface area contributed by atoms with Gasteiger partial charge in [0.2, 0.25) is 0 Å². The van der Waals surface area contributed by atoms with E-state index in [1.54, 1.807) is 7.11 Å². The van der Waals surface area contributed by atoms with E-state index in [0.717, 1.165) is 23.4 Å². The smallest absolute Gasteiger partial charge is 0.163 e. The number of benzene rings is 2. The fourth-order valence-corrected chi connectivity index (χ4v) is 3.61. The van der Waals surface area contributed by atoms with Crippen LogP contribution in [0.25, 0.3) is 0 Å². The van der Waals surface area contributed by atoms with Gasteiger partial charge in [0.25, 0.3) is 0 Å². The highest BCUT2D eigenvalue weighted by Crippen LogP contribution is 2.34. The predicted molar refractivity (Wildman–Crippen MR) is 107 cm³/mol. The summed E-state index contributed by atoms with van der Waals surface area (Å²) in [5.74, 6) is 1.40. The summed E-state index contributed by atoms with van der Waals surface area (Å²) in [5.41, 5.74) is 3.41. The molecule has 0 heterocycles. The number of halogens is 1. The molecule has 26 heavy (non-hydrogen) atoms. The van der Waals surface area contributed by atoms with Gasteiger partial charge in [-0.15, -0.1) is 0 Å². The van der Waals surface area contributed by atoms with Gasteiger partial charge in [-0.2, -0.15) is 0 Å². The molecule has 1 N–H and O–H groups in total. The first kappa shape index (κ1) is 19.1. The minimum Gasteiger partial charge on any atom is -0.493 e. The number of rotatable bonds is 7. The standard InChI is InChI=1S/C22H28ClNO2/c1-16-8-10-17(11-9-16)15-26-22-13-20(23)18(12-21(22)25-2)14-24-19-6-4-3-5-7-19/h8-13,19,24H,3-7,14-15H2,1-2H3. The monoisotopic (exact) mass is 373 g/mol. The number of ether oxygens (including phenoxy) is 2. The van der Waals surface area contributed by atoms with Gasteiger partial charge in [-0.3, -0.25) is 0 Å². The fourth-order valence-electron chi connectivity index (χ4n) is 3.39. The number of methoxy groups -OCH3 is 1. The molecule has 1 aliphatic carbocycles. The maximum atomic E-state index is 6.50. The van der Waals surface area contributed by atoms with Crippen molar-refractivity contribution >= 4 is 11.6 Å². The summed E-state index contributed by atoms with van der Waals surface area (Å²) in [4.78, 5) is 0. The summed E-state index contributed by atoms with van der Waals surface area (Å²) in [7, 11) is 1.67. The van der Waals surface area contributed by atoms with Crippen LogP contribution in [-0.2, 0) is 13.2 Å². The lowest BCUT2D eigenvalue weighted by atomic mass is 9.95. The first-order valence-corrected chi connectivity index (χ1v) is 9.81. The molecule has 0 aliphatic heterocycles. The Hall–Kier alpha value is -1.71. The second kappa shape index (κ2) is 9.29. The van der Waals surface area contributed by atoms with Gasteiger partial charge < -0.3 is 14.8 Å². The molecule has 4 heteroatoms. The Bertz CT molecular complexity index is 709. The topological polar surface area (TPSA) is 30.5 Å². The predicted octanol–water partition coefficient (Wildman–Crippen LogP) is 5.66. The summed E-state index contributed by atoms with van der Waals surface area (Å²) < 4.78 is 11.5. The van der Waals surface area contributed by atoms with E-state index < -0.39 is 0 Å². The zero-order valence-electron chi connectivity index (χ0n) is 15.7. The van der Waals surface area contributed by atoms with E-state index in [2.05, 4.69) is 36.5 Å². The molecule has 0 radical (unpaired) electrons. The Morgan fingerprint density at radius 2 is 1.77 bits per heavy atom. The van der Waals surface area contributed by atoms with Gasteiger partial charge in [-0.05, 0) is 37.0 Å². The molecule has 2 aromatic rings. The molecule has 0 saturated heterocycles. The largest absolute Gasteiger partial charge is 0.493 e. The van der Waals surface area contributed by atoms with E-state index in [0.29, 0.717) is 23.4 Å². The number of aryl methyl sites for hydroxylation is 1. The first-order valence-electron chi connectivity index (χ1n) is 9.44. The third-order valence-electron chi connectivity index (χ3n) is 5.03. The molecule has 140 valence electrons. The van der Waals surface area contributed by atoms with Gasteiger partial charge in [-0.25, -0.2) is 0 Å². The molecule has 0 amide bonds. The molecule has 1 fully saturated rings. The van der Waals surface area contributed by atoms with Crippen molar-refractivity contribution in [2.75, 3.05) is 7.11 Å². The molecule has 0 bridgehead atoms. The van der Waals surface area contributed by atoms with Crippen LogP contribution < -0.4 is 14.8 Å². The van der Waals surface area contributed by atoms with Crippen LogP contribution in [0.1, 0.15) is 48.8 Å². The Morgan fingerprint density at radius 1 is 1.04 bits per heavy atom. The van der Waals surface area contributed by atoms with E-state index in [1.807, 2.05) is 12.1 Å². The van der Waals surface area contributed by atoms with Crippen LogP contribution in [0.3, 0.4) is 0 Å². The van der Waals surface area contributed by atoms with Crippen molar-refractivity contribution in [2.45, 2.75) is 58.2 Å². The van der Waals surface area contributed by atoms with Crippen LogP contribution in [0.15, 0.2) is 36.4 Å². The zero-order chi connectivity index (χ0) is 18.4. The van der Waals surface area contributed by atoms with Crippen LogP contribution in [0, 0.1) is 6.92 Å². The third-order valence-corrected chi connectivity index (χ3v) is 5.39. The van der Waals surface area contributed by atoms with Gasteiger partial charge in [-0.1, -0.05) is 60.7 Å². The highest BCUT2D eigenvalue weighted by atomic mass is 35.5. The van der Waals surface area contributed by atoms with E-state index in [-0.39, 0.29) is 0 Å². The van der Waals surface area contributed by atoms with Gasteiger partial charge >= 0.3 is 0 Å². The molecule has 3 nitrogen and oxygen atoms in total. The molecular formula is C22H28ClNO2. The van der Waals surface area contributed by atoms with Crippen LogP contribution in [0.5, 0.6) is 11.5 Å². The molecule has 0 unspecified atom stereocenters. The Kier molecular flexibility index (Phi) is 6.81. The van der Waals surface area contributed by atoms with E-state index in [1.165, 1.54) is 37.7 Å². The van der Waals surface area contributed by atoms with Crippen molar-refractivity contribution in [3.63, 3.8) is 0 Å². The second-order valence-electron chi connectivity index (χ2n) is 7.08. The van der Waals surface area contributed by atoms with Crippen molar-refractivity contribution in [2.24, 2.45) is 0 Å². The summed E-state index contributed by atoms with van der Waals surface area (Å²) in [6, 6.07) is 12.8. The molecular weight excluding hydrogens is 346 g/mol. The first-order chi connectivity index (χ1) is 12.7. The second-order valence-corrected chi connectivity index (χ2v) is 7.49. The highest BCUT2D eigenvalue weighted by molar-refractivity contribution is 6.31. The summed E-state index contributed by atoms with van der Waals surface area (Å²) >= 11 is 6.50. The zero-order valence-corrected chi connectivity index (χ0v) is 16.4. The lowest BCUT2D eigenvalue weighted by Crippen LogP contribution is -2.30. The minimum atomic E-state index is 0.493. The minimum absolute atomic E-state index is 0.493. The maximum absolute atomic E-state index is 6.50. The fraction of sp³-hybridized carbons (Fsp3) is 0.455. The Morgan fingerprint density at radius 3 is 2.46 bits per heavy atom. The van der Waals surface area contributed by atoms with Gasteiger partial charge in [0.15, 0.2) is 11.5 Å². The van der Waals surface area contributed by atoms with Crippen molar-refractivity contribution in [1.82, 2.24) is 5.32 Å². The van der Waals surface area contributed by atoms with Crippen molar-refractivity contribution in [3.8, 4) is 11.5 Å². The van der Waals surface area contributed by atoms with Crippen LogP contribution in [-0.4, -0.2) is 13.2 Å². The molecule has 0 aromatic heterocycles. The van der Waals surface area contributed by atoms with Crippen LogP contribution in [0.2, 0.25) is 5.02 Å². The number of hydrogen-bond acceptors (Lipinski definition) is 3. The Labute approximate surface area is 161 Å². The molecule has 0 spiro atoms. The van der Waals surface area contributed by atoms with Crippen molar-refractivity contribution in [1.29, 1.82) is 0 Å². The van der Waals surface area contributed by atoms with E-state index in [4.69, 9.17) is 21.1 Å². The summed E-state index contributed by atoms with van der Waals surface area (Å²) in [5, 5.41) is 4.35. The van der Waals surface area contributed by atoms with E-state index in [9.17, 15) is 0 Å². The SMILES string of the molecule is COc1cc(CNC2CCCCC2)c(Cl)cc1OCc1ccc(C)cc1.